The van der Waals surface area contributed by atoms with Crippen molar-refractivity contribution in [3.63, 3.8) is 0 Å². The molecule has 9 heteroatoms. The number of benzene rings is 1. The largest absolute Gasteiger partial charge is 0.445 e. The molecule has 34 heavy (non-hydrogen) atoms. The van der Waals surface area contributed by atoms with Crippen molar-refractivity contribution in [1.29, 1.82) is 0 Å². The van der Waals surface area contributed by atoms with Crippen LogP contribution < -0.4 is 21.7 Å². The lowest BCUT2D eigenvalue weighted by Gasteiger charge is -2.20. The van der Waals surface area contributed by atoms with Crippen LogP contribution in [0.25, 0.3) is 5.70 Å². The second-order valence-electron chi connectivity index (χ2n) is 8.31. The number of nitrogens with zero attached hydrogens (tertiary/aromatic N) is 2. The van der Waals surface area contributed by atoms with Crippen LogP contribution in [0, 0.1) is 0 Å². The van der Waals surface area contributed by atoms with E-state index >= 15 is 0 Å². The Morgan fingerprint density at radius 1 is 1.15 bits per heavy atom. The molecule has 1 saturated heterocycles. The lowest BCUT2D eigenvalue weighted by atomic mass is 10.0. The monoisotopic (exact) mass is 461 g/mol. The van der Waals surface area contributed by atoms with E-state index in [-0.39, 0.29) is 18.2 Å². The highest BCUT2D eigenvalue weighted by atomic mass is 16.6. The second-order valence-corrected chi connectivity index (χ2v) is 8.31. The first-order valence-corrected chi connectivity index (χ1v) is 11.5. The molecule has 1 amide bonds. The second kappa shape index (κ2) is 11.9. The van der Waals surface area contributed by atoms with Crippen LogP contribution in [-0.2, 0) is 24.1 Å². The number of pyridine rings is 1. The summed E-state index contributed by atoms with van der Waals surface area (Å²) in [6.07, 6.45) is 10.7. The number of carbonyl (C=O) groups is 1. The SMILES string of the molecule is N/C(=C\NCc1cn[nH]c1)c1ccc(CC2NCCC2OC(=O)NCCc2ccncc2)cc1. The quantitative estimate of drug-likeness (QED) is 0.313. The van der Waals surface area contributed by atoms with Crippen LogP contribution in [0.2, 0.25) is 0 Å². The van der Waals surface area contributed by atoms with E-state index in [9.17, 15) is 4.79 Å². The molecule has 1 aliphatic rings. The summed E-state index contributed by atoms with van der Waals surface area (Å²) in [7, 11) is 0. The van der Waals surface area contributed by atoms with Crippen LogP contribution in [-0.4, -0.2) is 46.5 Å². The average molecular weight is 462 g/mol. The molecule has 2 aromatic heterocycles. The van der Waals surface area contributed by atoms with Crippen molar-refractivity contribution in [3.05, 3.63) is 89.6 Å². The Kier molecular flexibility index (Phi) is 8.13. The van der Waals surface area contributed by atoms with Gasteiger partial charge in [0.25, 0.3) is 0 Å². The fourth-order valence-electron chi connectivity index (χ4n) is 3.95. The van der Waals surface area contributed by atoms with Gasteiger partial charge < -0.3 is 26.4 Å². The Labute approximate surface area is 199 Å². The molecule has 6 N–H and O–H groups in total. The molecule has 0 bridgehead atoms. The molecule has 4 rings (SSSR count). The molecule has 3 heterocycles. The highest BCUT2D eigenvalue weighted by Crippen LogP contribution is 2.18. The van der Waals surface area contributed by atoms with Gasteiger partial charge in [-0.25, -0.2) is 4.79 Å². The van der Waals surface area contributed by atoms with E-state index < -0.39 is 0 Å². The molecule has 9 nitrogen and oxygen atoms in total. The van der Waals surface area contributed by atoms with Gasteiger partial charge in [0.2, 0.25) is 0 Å². The molecule has 3 aromatic rings. The summed E-state index contributed by atoms with van der Waals surface area (Å²) >= 11 is 0. The number of aromatic nitrogens is 3. The lowest BCUT2D eigenvalue weighted by molar-refractivity contribution is 0.0902. The van der Waals surface area contributed by atoms with Gasteiger partial charge in [0, 0.05) is 49.5 Å². The standard InChI is InChI=1S/C25H31N7O2/c26-22(17-28-14-20-15-31-32-16-20)21-3-1-19(2-4-21)13-23-24(8-12-29-23)34-25(33)30-11-7-18-5-9-27-10-6-18/h1-6,9-10,15-17,23-24,28-29H,7-8,11-14,26H2,(H,30,33)(H,31,32)/b22-17-. The minimum absolute atomic E-state index is 0.0845. The number of amides is 1. The summed E-state index contributed by atoms with van der Waals surface area (Å²) in [4.78, 5) is 16.3. The summed E-state index contributed by atoms with van der Waals surface area (Å²) in [5, 5.41) is 16.2. The van der Waals surface area contributed by atoms with E-state index in [0.29, 0.717) is 18.8 Å². The summed E-state index contributed by atoms with van der Waals surface area (Å²) in [6.45, 7) is 2.01. The Balaban J connectivity index is 1.22. The van der Waals surface area contributed by atoms with E-state index in [4.69, 9.17) is 10.5 Å². The number of aromatic amines is 1. The van der Waals surface area contributed by atoms with Gasteiger partial charge in [0.05, 0.1) is 11.9 Å². The Morgan fingerprint density at radius 3 is 2.74 bits per heavy atom. The van der Waals surface area contributed by atoms with Crippen molar-refractivity contribution in [2.75, 3.05) is 13.1 Å². The fourth-order valence-corrected chi connectivity index (χ4v) is 3.95. The fraction of sp³-hybridized carbons (Fsp3) is 0.320. The molecule has 2 unspecified atom stereocenters. The molecular formula is C25H31N7O2. The van der Waals surface area contributed by atoms with Crippen molar-refractivity contribution < 1.29 is 9.53 Å². The van der Waals surface area contributed by atoms with Crippen LogP contribution in [0.15, 0.2) is 67.4 Å². The summed E-state index contributed by atoms with van der Waals surface area (Å²) in [5.74, 6) is 0. The van der Waals surface area contributed by atoms with Gasteiger partial charge in [-0.3, -0.25) is 10.1 Å². The van der Waals surface area contributed by atoms with Crippen LogP contribution in [0.3, 0.4) is 0 Å². The molecule has 1 fully saturated rings. The first-order chi connectivity index (χ1) is 16.7. The zero-order chi connectivity index (χ0) is 23.6. The molecule has 0 radical (unpaired) electrons. The predicted octanol–water partition coefficient (Wildman–Crippen LogP) is 2.09. The Bertz CT molecular complexity index is 1050. The number of alkyl carbamates (subject to hydrolysis) is 1. The van der Waals surface area contributed by atoms with Gasteiger partial charge in [0.15, 0.2) is 0 Å². The van der Waals surface area contributed by atoms with Gasteiger partial charge in [0.1, 0.15) is 6.10 Å². The maximum Gasteiger partial charge on any atom is 0.407 e. The zero-order valence-corrected chi connectivity index (χ0v) is 19.0. The van der Waals surface area contributed by atoms with Gasteiger partial charge >= 0.3 is 6.09 Å². The van der Waals surface area contributed by atoms with E-state index in [0.717, 1.165) is 48.1 Å². The molecule has 0 spiro atoms. The number of H-pyrrole nitrogens is 1. The van der Waals surface area contributed by atoms with Crippen LogP contribution in [0.5, 0.6) is 0 Å². The number of hydrogen-bond donors (Lipinski definition) is 5. The number of hydrogen-bond acceptors (Lipinski definition) is 7. The molecule has 1 aliphatic heterocycles. The lowest BCUT2D eigenvalue weighted by Crippen LogP contribution is -2.38. The third-order valence-corrected chi connectivity index (χ3v) is 5.84. The number of rotatable bonds is 10. The van der Waals surface area contributed by atoms with E-state index in [2.05, 4.69) is 43.3 Å². The molecule has 178 valence electrons. The number of nitrogens with one attached hydrogen (secondary N) is 4. The molecule has 2 atom stereocenters. The normalized spacial score (nSPS) is 17.9. The van der Waals surface area contributed by atoms with Crippen LogP contribution >= 0.6 is 0 Å². The van der Waals surface area contributed by atoms with E-state index in [1.165, 1.54) is 0 Å². The van der Waals surface area contributed by atoms with Crippen LogP contribution in [0.4, 0.5) is 4.79 Å². The summed E-state index contributed by atoms with van der Waals surface area (Å²) in [6, 6.07) is 12.1. The smallest absolute Gasteiger partial charge is 0.407 e. The predicted molar refractivity (Wildman–Crippen MR) is 130 cm³/mol. The molecule has 0 aliphatic carbocycles. The third-order valence-electron chi connectivity index (χ3n) is 5.84. The average Bonchev–Trinajstić information content (AvgIpc) is 3.53. The van der Waals surface area contributed by atoms with Crippen molar-refractivity contribution in [1.82, 2.24) is 31.1 Å². The Morgan fingerprint density at radius 2 is 1.97 bits per heavy atom. The third kappa shape index (κ3) is 6.82. The minimum Gasteiger partial charge on any atom is -0.445 e. The number of ether oxygens (including phenoxy) is 1. The molecule has 0 saturated carbocycles. The number of carbonyl (C=O) groups excluding carboxylic acids is 1. The molecular weight excluding hydrogens is 430 g/mol. The summed E-state index contributed by atoms with van der Waals surface area (Å²) < 4.78 is 5.70. The van der Waals surface area contributed by atoms with Crippen LogP contribution in [0.1, 0.15) is 28.7 Å². The van der Waals surface area contributed by atoms with Crippen molar-refractivity contribution in [2.45, 2.75) is 38.0 Å². The first-order valence-electron chi connectivity index (χ1n) is 11.5. The van der Waals surface area contributed by atoms with Gasteiger partial charge in [-0.15, -0.1) is 0 Å². The van der Waals surface area contributed by atoms with Gasteiger partial charge in [-0.05, 0) is 54.6 Å². The van der Waals surface area contributed by atoms with Crippen molar-refractivity contribution in [2.24, 2.45) is 5.73 Å². The minimum atomic E-state index is -0.371. The molecule has 1 aromatic carbocycles. The van der Waals surface area contributed by atoms with Gasteiger partial charge in [-0.2, -0.15) is 5.10 Å². The summed E-state index contributed by atoms with van der Waals surface area (Å²) in [5.41, 5.74) is 11.2. The highest BCUT2D eigenvalue weighted by Gasteiger charge is 2.30. The maximum absolute atomic E-state index is 12.3. The highest BCUT2D eigenvalue weighted by molar-refractivity contribution is 5.67. The first kappa shape index (κ1) is 23.3. The topological polar surface area (TPSA) is 130 Å². The maximum atomic E-state index is 12.3. The zero-order valence-electron chi connectivity index (χ0n) is 19.0. The van der Waals surface area contributed by atoms with Crippen molar-refractivity contribution in [3.8, 4) is 0 Å². The van der Waals surface area contributed by atoms with E-state index in [1.54, 1.807) is 24.8 Å². The van der Waals surface area contributed by atoms with Crippen molar-refractivity contribution >= 4 is 11.8 Å². The van der Waals surface area contributed by atoms with Gasteiger partial charge in [-0.1, -0.05) is 24.3 Å². The van der Waals surface area contributed by atoms with E-state index in [1.807, 2.05) is 30.5 Å². The number of nitrogens with two attached hydrogens (primary N) is 1. The Hall–Kier alpha value is -3.85.